The lowest BCUT2D eigenvalue weighted by Crippen LogP contribution is -2.30. The number of hydrogen-bond acceptors (Lipinski definition) is 3. The second kappa shape index (κ2) is 10.2. The largest absolute Gasteiger partial charge is 0.378 e. The van der Waals surface area contributed by atoms with Crippen molar-refractivity contribution in [2.75, 3.05) is 19.0 Å². The normalized spacial score (nSPS) is 11.0. The molecular weight excluding hydrogens is 358 g/mol. The molecule has 0 saturated carbocycles. The molecule has 0 unspecified atom stereocenters. The van der Waals surface area contributed by atoms with Crippen molar-refractivity contribution in [1.82, 2.24) is 5.43 Å². The van der Waals surface area contributed by atoms with Gasteiger partial charge in [0.1, 0.15) is 0 Å². The highest BCUT2D eigenvalue weighted by molar-refractivity contribution is 5.84. The first kappa shape index (κ1) is 20.3. The van der Waals surface area contributed by atoms with Crippen molar-refractivity contribution >= 4 is 17.8 Å². The van der Waals surface area contributed by atoms with Crippen molar-refractivity contribution in [2.45, 2.75) is 12.8 Å². The van der Waals surface area contributed by atoms with E-state index in [0.29, 0.717) is 12.8 Å². The Bertz CT molecular complexity index is 878. The quantitative estimate of drug-likeness (QED) is 0.464. The van der Waals surface area contributed by atoms with Gasteiger partial charge in [-0.25, -0.2) is 5.43 Å². The van der Waals surface area contributed by atoms with Gasteiger partial charge in [0, 0.05) is 25.7 Å². The summed E-state index contributed by atoms with van der Waals surface area (Å²) in [5, 5.41) is 4.18. The standard InChI is InChI=1S/C25H27N3O/c1-28(2)24-15-13-22(14-16-24)19-26-27-25(29)23(17-20-9-5-3-6-10-20)18-21-11-7-4-8-12-21/h3-16,19,23H,17-18H2,1-2H3,(H,27,29). The van der Waals surface area contributed by atoms with E-state index >= 15 is 0 Å². The summed E-state index contributed by atoms with van der Waals surface area (Å²) in [6.07, 6.45) is 3.03. The van der Waals surface area contributed by atoms with E-state index in [9.17, 15) is 4.79 Å². The highest BCUT2D eigenvalue weighted by Crippen LogP contribution is 2.15. The van der Waals surface area contributed by atoms with E-state index < -0.39 is 0 Å². The highest BCUT2D eigenvalue weighted by atomic mass is 16.2. The molecule has 3 aromatic carbocycles. The maximum atomic E-state index is 12.9. The molecule has 148 valence electrons. The second-order valence-corrected chi connectivity index (χ2v) is 7.30. The molecule has 0 aliphatic rings. The lowest BCUT2D eigenvalue weighted by Gasteiger charge is -2.15. The zero-order valence-corrected chi connectivity index (χ0v) is 17.0. The summed E-state index contributed by atoms with van der Waals surface area (Å²) in [5.41, 5.74) is 7.08. The third-order valence-corrected chi connectivity index (χ3v) is 4.82. The monoisotopic (exact) mass is 385 g/mol. The van der Waals surface area contributed by atoms with E-state index in [1.807, 2.05) is 79.7 Å². The molecule has 4 heteroatoms. The Morgan fingerprint density at radius 2 is 1.38 bits per heavy atom. The van der Waals surface area contributed by atoms with Crippen LogP contribution in [0.2, 0.25) is 0 Å². The number of nitrogens with one attached hydrogen (secondary N) is 1. The van der Waals surface area contributed by atoms with Crippen LogP contribution in [0.15, 0.2) is 90.0 Å². The molecule has 0 spiro atoms. The van der Waals surface area contributed by atoms with Gasteiger partial charge in [-0.15, -0.1) is 0 Å². The molecule has 1 amide bonds. The topological polar surface area (TPSA) is 44.7 Å². The molecule has 0 aliphatic heterocycles. The summed E-state index contributed by atoms with van der Waals surface area (Å²) < 4.78 is 0. The summed E-state index contributed by atoms with van der Waals surface area (Å²) >= 11 is 0. The van der Waals surface area contributed by atoms with E-state index in [1.165, 1.54) is 0 Å². The fraction of sp³-hybridized carbons (Fsp3) is 0.200. The maximum absolute atomic E-state index is 12.9. The van der Waals surface area contributed by atoms with Crippen LogP contribution in [0.4, 0.5) is 5.69 Å². The number of hydrogen-bond donors (Lipinski definition) is 1. The van der Waals surface area contributed by atoms with Gasteiger partial charge in [0.25, 0.3) is 0 Å². The fourth-order valence-corrected chi connectivity index (χ4v) is 3.18. The molecule has 0 aromatic heterocycles. The molecule has 4 nitrogen and oxygen atoms in total. The Hall–Kier alpha value is -3.40. The summed E-state index contributed by atoms with van der Waals surface area (Å²) in [4.78, 5) is 14.9. The average Bonchev–Trinajstić information content (AvgIpc) is 2.75. The predicted molar refractivity (Wildman–Crippen MR) is 120 cm³/mol. The molecule has 0 atom stereocenters. The lowest BCUT2D eigenvalue weighted by atomic mass is 9.92. The van der Waals surface area contributed by atoms with Gasteiger partial charge in [0.05, 0.1) is 6.21 Å². The van der Waals surface area contributed by atoms with Gasteiger partial charge >= 0.3 is 0 Å². The third kappa shape index (κ3) is 6.32. The van der Waals surface area contributed by atoms with Crippen LogP contribution < -0.4 is 10.3 Å². The number of hydrazone groups is 1. The molecule has 29 heavy (non-hydrogen) atoms. The molecule has 3 rings (SSSR count). The van der Waals surface area contributed by atoms with Gasteiger partial charge in [-0.05, 0) is 41.7 Å². The Balaban J connectivity index is 1.66. The van der Waals surface area contributed by atoms with Crippen LogP contribution in [-0.4, -0.2) is 26.2 Å². The molecule has 0 aliphatic carbocycles. The van der Waals surface area contributed by atoms with Crippen LogP contribution in [0.1, 0.15) is 16.7 Å². The second-order valence-electron chi connectivity index (χ2n) is 7.30. The zero-order valence-electron chi connectivity index (χ0n) is 17.0. The summed E-state index contributed by atoms with van der Waals surface area (Å²) in [5.74, 6) is -0.257. The van der Waals surface area contributed by atoms with E-state index in [4.69, 9.17) is 0 Å². The van der Waals surface area contributed by atoms with Gasteiger partial charge in [-0.1, -0.05) is 72.8 Å². The van der Waals surface area contributed by atoms with Gasteiger partial charge in [-0.2, -0.15) is 5.10 Å². The number of anilines is 1. The Morgan fingerprint density at radius 1 is 0.862 bits per heavy atom. The smallest absolute Gasteiger partial charge is 0.243 e. The average molecular weight is 386 g/mol. The Morgan fingerprint density at radius 3 is 1.86 bits per heavy atom. The highest BCUT2D eigenvalue weighted by Gasteiger charge is 2.19. The van der Waals surface area contributed by atoms with E-state index in [1.54, 1.807) is 6.21 Å². The molecule has 0 heterocycles. The van der Waals surface area contributed by atoms with Crippen molar-refractivity contribution in [3.8, 4) is 0 Å². The first-order chi connectivity index (χ1) is 14.1. The van der Waals surface area contributed by atoms with Crippen molar-refractivity contribution in [2.24, 2.45) is 11.0 Å². The van der Waals surface area contributed by atoms with Gasteiger partial charge in [0.15, 0.2) is 0 Å². The molecule has 0 saturated heterocycles. The number of rotatable bonds is 8. The zero-order chi connectivity index (χ0) is 20.5. The van der Waals surface area contributed by atoms with E-state index in [-0.39, 0.29) is 11.8 Å². The maximum Gasteiger partial charge on any atom is 0.243 e. The first-order valence-electron chi connectivity index (χ1n) is 9.80. The lowest BCUT2D eigenvalue weighted by molar-refractivity contribution is -0.124. The van der Waals surface area contributed by atoms with Crippen molar-refractivity contribution in [3.63, 3.8) is 0 Å². The third-order valence-electron chi connectivity index (χ3n) is 4.82. The fourth-order valence-electron chi connectivity index (χ4n) is 3.18. The van der Waals surface area contributed by atoms with Crippen molar-refractivity contribution in [1.29, 1.82) is 0 Å². The summed E-state index contributed by atoms with van der Waals surface area (Å²) in [6.45, 7) is 0. The number of benzene rings is 3. The minimum Gasteiger partial charge on any atom is -0.378 e. The van der Waals surface area contributed by atoms with Crippen LogP contribution in [0.3, 0.4) is 0 Å². The minimum absolute atomic E-state index is 0.0705. The Labute approximate surface area is 172 Å². The summed E-state index contributed by atoms with van der Waals surface area (Å²) in [7, 11) is 4.01. The predicted octanol–water partition coefficient (Wildman–Crippen LogP) is 4.30. The number of nitrogens with zero attached hydrogens (tertiary/aromatic N) is 2. The molecule has 0 bridgehead atoms. The molecule has 0 radical (unpaired) electrons. The van der Waals surface area contributed by atoms with Crippen molar-refractivity contribution in [3.05, 3.63) is 102 Å². The molecule has 1 N–H and O–H groups in total. The van der Waals surface area contributed by atoms with Gasteiger partial charge in [-0.3, -0.25) is 4.79 Å². The van der Waals surface area contributed by atoms with Crippen molar-refractivity contribution < 1.29 is 4.79 Å². The van der Waals surface area contributed by atoms with Crippen LogP contribution in [0, 0.1) is 5.92 Å². The minimum atomic E-state index is -0.187. The Kier molecular flexibility index (Phi) is 7.17. The van der Waals surface area contributed by atoms with Gasteiger partial charge in [0.2, 0.25) is 5.91 Å². The van der Waals surface area contributed by atoms with Crippen LogP contribution in [0.25, 0.3) is 0 Å². The van der Waals surface area contributed by atoms with Gasteiger partial charge < -0.3 is 4.90 Å². The summed E-state index contributed by atoms with van der Waals surface area (Å²) in [6, 6.07) is 28.2. The number of amides is 1. The van der Waals surface area contributed by atoms with Crippen LogP contribution >= 0.6 is 0 Å². The van der Waals surface area contributed by atoms with E-state index in [0.717, 1.165) is 22.4 Å². The molecule has 3 aromatic rings. The van der Waals surface area contributed by atoms with E-state index in [2.05, 4.69) is 34.8 Å². The molecule has 0 fully saturated rings. The number of carbonyl (C=O) groups is 1. The van der Waals surface area contributed by atoms with Crippen LogP contribution in [0.5, 0.6) is 0 Å². The molecular formula is C25H27N3O. The van der Waals surface area contributed by atoms with Crippen LogP contribution in [-0.2, 0) is 17.6 Å². The number of carbonyl (C=O) groups excluding carboxylic acids is 1. The SMILES string of the molecule is CN(C)c1ccc(C=NNC(=O)C(Cc2ccccc2)Cc2ccccc2)cc1. The first-order valence-corrected chi connectivity index (χ1v) is 9.80.